The number of nitrogens with zero attached hydrogens (tertiary/aromatic N) is 1. The number of benzene rings is 1. The van der Waals surface area contributed by atoms with Crippen LogP contribution in [0.4, 0.5) is 4.39 Å². The highest BCUT2D eigenvalue weighted by molar-refractivity contribution is 6.03. The van der Waals surface area contributed by atoms with Gasteiger partial charge in [0, 0.05) is 24.2 Å². The highest BCUT2D eigenvalue weighted by Gasteiger charge is 2.32. The molecule has 0 saturated heterocycles. The van der Waals surface area contributed by atoms with Crippen LogP contribution in [0.5, 0.6) is 0 Å². The second-order valence-corrected chi connectivity index (χ2v) is 5.46. The van der Waals surface area contributed by atoms with Crippen LogP contribution in [0.15, 0.2) is 24.3 Å². The molecule has 2 heterocycles. The Labute approximate surface area is 137 Å². The van der Waals surface area contributed by atoms with Crippen LogP contribution in [0.1, 0.15) is 37.7 Å². The van der Waals surface area contributed by atoms with E-state index in [1.165, 1.54) is 19.2 Å². The Morgan fingerprint density at radius 3 is 2.67 bits per heavy atom. The summed E-state index contributed by atoms with van der Waals surface area (Å²) in [5.74, 6) is -2.28. The summed E-state index contributed by atoms with van der Waals surface area (Å²) >= 11 is 0. The van der Waals surface area contributed by atoms with Crippen LogP contribution >= 0.6 is 0 Å². The molecule has 3 rings (SSSR count). The van der Waals surface area contributed by atoms with Crippen LogP contribution in [0.25, 0.3) is 0 Å². The Balaban J connectivity index is 2.16. The fourth-order valence-corrected chi connectivity index (χ4v) is 3.00. The first-order chi connectivity index (χ1) is 11.5. The zero-order valence-corrected chi connectivity index (χ0v) is 13.0. The molecule has 126 valence electrons. The maximum absolute atomic E-state index is 13.1. The maximum Gasteiger partial charge on any atom is 0.353 e. The number of carbonyl (C=O) groups excluding carboxylic acids is 1. The Kier molecular flexibility index (Phi) is 4.35. The predicted octanol–water partition coefficient (Wildman–Crippen LogP) is 2.23. The number of carbonyl (C=O) groups is 2. The van der Waals surface area contributed by atoms with Crippen molar-refractivity contribution in [2.45, 2.75) is 19.6 Å². The molecule has 0 bridgehead atoms. The smallest absolute Gasteiger partial charge is 0.353 e. The molecule has 0 amide bonds. The molecule has 7 heteroatoms. The fourth-order valence-electron chi connectivity index (χ4n) is 3.00. The van der Waals surface area contributed by atoms with E-state index in [0.717, 1.165) is 11.3 Å². The van der Waals surface area contributed by atoms with E-state index >= 15 is 0 Å². The fraction of sp³-hybridized carbons (Fsp3) is 0.294. The highest BCUT2D eigenvalue weighted by atomic mass is 19.1. The number of methoxy groups -OCH3 is 1. The quantitative estimate of drug-likeness (QED) is 0.868. The van der Waals surface area contributed by atoms with Crippen LogP contribution < -0.4 is 0 Å². The summed E-state index contributed by atoms with van der Waals surface area (Å²) < 4.78 is 24.8. The average Bonchev–Trinajstić information content (AvgIpc) is 2.91. The molecule has 0 saturated carbocycles. The van der Waals surface area contributed by atoms with Crippen molar-refractivity contribution in [1.82, 2.24) is 4.57 Å². The number of carboxylic acids is 1. The topological polar surface area (TPSA) is 77.8 Å². The molecule has 1 N–H and O–H groups in total. The molecule has 24 heavy (non-hydrogen) atoms. The summed E-state index contributed by atoms with van der Waals surface area (Å²) in [5.41, 5.74) is 1.93. The first-order valence-electron chi connectivity index (χ1n) is 7.41. The molecule has 1 aromatic heterocycles. The second-order valence-electron chi connectivity index (χ2n) is 5.46. The van der Waals surface area contributed by atoms with Gasteiger partial charge in [-0.05, 0) is 17.7 Å². The third kappa shape index (κ3) is 2.78. The van der Waals surface area contributed by atoms with E-state index < -0.39 is 11.9 Å². The minimum atomic E-state index is -1.22. The molecular weight excluding hydrogens is 317 g/mol. The third-order valence-corrected chi connectivity index (χ3v) is 4.06. The second kappa shape index (κ2) is 6.45. The van der Waals surface area contributed by atoms with Crippen LogP contribution in [-0.4, -0.2) is 35.3 Å². The summed E-state index contributed by atoms with van der Waals surface area (Å²) in [6.45, 7) is 0.831. The lowest BCUT2D eigenvalue weighted by atomic mass is 10.1. The Hall–Kier alpha value is -2.67. The number of hydrogen-bond donors (Lipinski definition) is 1. The van der Waals surface area contributed by atoms with Gasteiger partial charge in [-0.3, -0.25) is 0 Å². The van der Waals surface area contributed by atoms with Gasteiger partial charge in [0.15, 0.2) is 0 Å². The molecule has 0 atom stereocenters. The minimum absolute atomic E-state index is 0.0295. The lowest BCUT2D eigenvalue weighted by Crippen LogP contribution is -2.16. The van der Waals surface area contributed by atoms with Crippen molar-refractivity contribution in [2.75, 3.05) is 13.7 Å². The van der Waals surface area contributed by atoms with Gasteiger partial charge in [-0.25, -0.2) is 14.0 Å². The summed E-state index contributed by atoms with van der Waals surface area (Å²) in [6, 6.07) is 5.81. The third-order valence-electron chi connectivity index (χ3n) is 4.06. The number of carboxylic acid groups (broad SMARTS) is 1. The van der Waals surface area contributed by atoms with Crippen molar-refractivity contribution in [1.29, 1.82) is 0 Å². The highest BCUT2D eigenvalue weighted by Crippen LogP contribution is 2.29. The Bertz CT molecular complexity index is 794. The Morgan fingerprint density at radius 2 is 2.04 bits per heavy atom. The largest absolute Gasteiger partial charge is 0.477 e. The van der Waals surface area contributed by atoms with E-state index in [2.05, 4.69) is 0 Å². The molecule has 0 unspecified atom stereocenters. The van der Waals surface area contributed by atoms with Crippen LogP contribution in [0.2, 0.25) is 0 Å². The van der Waals surface area contributed by atoms with Crippen LogP contribution in [-0.2, 0) is 29.0 Å². The van der Waals surface area contributed by atoms with Gasteiger partial charge in [0.2, 0.25) is 0 Å². The van der Waals surface area contributed by atoms with Gasteiger partial charge < -0.3 is 19.1 Å². The number of aromatic nitrogens is 1. The van der Waals surface area contributed by atoms with Crippen molar-refractivity contribution in [3.8, 4) is 0 Å². The zero-order chi connectivity index (χ0) is 17.3. The Morgan fingerprint density at radius 1 is 1.33 bits per heavy atom. The van der Waals surface area contributed by atoms with Crippen LogP contribution in [0.3, 0.4) is 0 Å². The SMILES string of the molecule is COC(=O)c1c2c(n(Cc3ccc(F)cc3)c1C(=O)O)CCOC2. The van der Waals surface area contributed by atoms with Crippen molar-refractivity contribution in [3.63, 3.8) is 0 Å². The molecule has 1 aliphatic heterocycles. The van der Waals surface area contributed by atoms with E-state index in [1.54, 1.807) is 16.7 Å². The predicted molar refractivity (Wildman–Crippen MR) is 81.6 cm³/mol. The van der Waals surface area contributed by atoms with Gasteiger partial charge in [0.25, 0.3) is 0 Å². The number of fused-ring (bicyclic) bond motifs is 1. The van der Waals surface area contributed by atoms with E-state index in [9.17, 15) is 19.1 Å². The summed E-state index contributed by atoms with van der Waals surface area (Å²) in [6.07, 6.45) is 0.494. The number of aromatic carboxylic acids is 1. The van der Waals surface area contributed by atoms with Crippen molar-refractivity contribution in [2.24, 2.45) is 0 Å². The monoisotopic (exact) mass is 333 g/mol. The zero-order valence-electron chi connectivity index (χ0n) is 13.0. The number of ether oxygens (including phenoxy) is 2. The van der Waals surface area contributed by atoms with Gasteiger partial charge in [0.1, 0.15) is 11.5 Å². The molecule has 1 aromatic carbocycles. The lowest BCUT2D eigenvalue weighted by molar-refractivity contribution is 0.0572. The maximum atomic E-state index is 13.1. The van der Waals surface area contributed by atoms with Crippen molar-refractivity contribution >= 4 is 11.9 Å². The summed E-state index contributed by atoms with van der Waals surface area (Å²) in [7, 11) is 1.21. The molecule has 2 aromatic rings. The molecule has 0 radical (unpaired) electrons. The van der Waals surface area contributed by atoms with Gasteiger partial charge in [-0.1, -0.05) is 12.1 Å². The molecule has 0 spiro atoms. The van der Waals surface area contributed by atoms with E-state index in [0.29, 0.717) is 18.6 Å². The first-order valence-corrected chi connectivity index (χ1v) is 7.41. The first kappa shape index (κ1) is 16.2. The lowest BCUT2D eigenvalue weighted by Gasteiger charge is -2.17. The summed E-state index contributed by atoms with van der Waals surface area (Å²) in [4.78, 5) is 23.9. The van der Waals surface area contributed by atoms with Gasteiger partial charge in [-0.15, -0.1) is 0 Å². The molecular formula is C17H16FNO5. The summed E-state index contributed by atoms with van der Waals surface area (Å²) in [5, 5.41) is 9.63. The van der Waals surface area contributed by atoms with Gasteiger partial charge in [-0.2, -0.15) is 0 Å². The number of esters is 1. The molecule has 6 nitrogen and oxygen atoms in total. The minimum Gasteiger partial charge on any atom is -0.477 e. The van der Waals surface area contributed by atoms with Gasteiger partial charge in [0.05, 0.1) is 25.9 Å². The normalized spacial score (nSPS) is 13.4. The molecule has 1 aliphatic rings. The standard InChI is InChI=1S/C17H16FNO5/c1-23-17(22)14-12-9-24-7-6-13(12)19(15(14)16(20)21)8-10-2-4-11(18)5-3-10/h2-5H,6-9H2,1H3,(H,20,21). The van der Waals surface area contributed by atoms with Crippen LogP contribution in [0, 0.1) is 5.82 Å². The van der Waals surface area contributed by atoms with Crippen molar-refractivity contribution in [3.05, 3.63) is 58.2 Å². The molecule has 0 aliphatic carbocycles. The average molecular weight is 333 g/mol. The van der Waals surface area contributed by atoms with E-state index in [4.69, 9.17) is 9.47 Å². The van der Waals surface area contributed by atoms with E-state index in [-0.39, 0.29) is 30.2 Å². The van der Waals surface area contributed by atoms with Crippen molar-refractivity contribution < 1.29 is 28.6 Å². The number of rotatable bonds is 4. The number of hydrogen-bond acceptors (Lipinski definition) is 4. The van der Waals surface area contributed by atoms with E-state index in [1.807, 2.05) is 0 Å². The molecule has 0 fully saturated rings. The number of halogens is 1. The van der Waals surface area contributed by atoms with Gasteiger partial charge >= 0.3 is 11.9 Å².